The number of hydrogen-bond donors (Lipinski definition) is 2. The van der Waals surface area contributed by atoms with Crippen molar-refractivity contribution in [3.63, 3.8) is 0 Å². The van der Waals surface area contributed by atoms with Gasteiger partial charge in [0.05, 0.1) is 46.9 Å². The van der Waals surface area contributed by atoms with Crippen LogP contribution in [0.1, 0.15) is 31.2 Å². The fourth-order valence-corrected chi connectivity index (χ4v) is 6.30. The molecule has 2 atom stereocenters. The van der Waals surface area contributed by atoms with E-state index in [-0.39, 0.29) is 6.10 Å². The van der Waals surface area contributed by atoms with Crippen molar-refractivity contribution in [3.8, 4) is 5.75 Å². The lowest BCUT2D eigenvalue weighted by atomic mass is 9.86. The summed E-state index contributed by atoms with van der Waals surface area (Å²) in [7, 11) is 0. The fourth-order valence-electron chi connectivity index (χ4n) is 5.36. The molecule has 2 N–H and O–H groups in total. The van der Waals surface area contributed by atoms with Crippen LogP contribution in [0.2, 0.25) is 0 Å². The summed E-state index contributed by atoms with van der Waals surface area (Å²) in [6.07, 6.45) is 6.06. The summed E-state index contributed by atoms with van der Waals surface area (Å²) in [5.74, 6) is 1.18. The van der Waals surface area contributed by atoms with Crippen LogP contribution in [0.25, 0.3) is 21.3 Å². The van der Waals surface area contributed by atoms with E-state index in [1.165, 1.54) is 16.7 Å². The lowest BCUT2D eigenvalue weighted by Crippen LogP contribution is -2.38. The van der Waals surface area contributed by atoms with Gasteiger partial charge in [-0.15, -0.1) is 0 Å². The van der Waals surface area contributed by atoms with Crippen molar-refractivity contribution < 1.29 is 14.6 Å². The van der Waals surface area contributed by atoms with Crippen molar-refractivity contribution in [2.24, 2.45) is 5.92 Å². The van der Waals surface area contributed by atoms with Crippen LogP contribution in [0.3, 0.4) is 0 Å². The second-order valence-electron chi connectivity index (χ2n) is 10.1. The number of thiazole rings is 1. The molecule has 1 unspecified atom stereocenters. The van der Waals surface area contributed by atoms with Crippen molar-refractivity contribution in [1.29, 1.82) is 0 Å². The Labute approximate surface area is 221 Å². The molecule has 1 aliphatic carbocycles. The monoisotopic (exact) mass is 521 g/mol. The Morgan fingerprint density at radius 2 is 1.97 bits per heavy atom. The zero-order valence-electron chi connectivity index (χ0n) is 21.1. The molecule has 0 bridgehead atoms. The van der Waals surface area contributed by atoms with Crippen LogP contribution in [0, 0.1) is 5.92 Å². The van der Waals surface area contributed by atoms with Crippen molar-refractivity contribution in [3.05, 3.63) is 48.3 Å². The number of nitrogens with one attached hydrogen (secondary N) is 1. The van der Waals surface area contributed by atoms with Gasteiger partial charge in [0.15, 0.2) is 5.13 Å². The van der Waals surface area contributed by atoms with Gasteiger partial charge in [-0.25, -0.2) is 9.97 Å². The fraction of sp³-hybridized carbons (Fsp3) is 0.500. The number of hydrogen-bond acceptors (Lipinski definition) is 8. The molecule has 2 aromatic carbocycles. The van der Waals surface area contributed by atoms with Gasteiger partial charge in [-0.05, 0) is 42.7 Å². The molecular weight excluding hydrogens is 486 g/mol. The molecule has 3 heterocycles. The second-order valence-corrected chi connectivity index (χ2v) is 11.2. The summed E-state index contributed by atoms with van der Waals surface area (Å²) in [4.78, 5) is 11.8. The molecular formula is C28H35N5O3S. The number of morpholine rings is 1. The lowest BCUT2D eigenvalue weighted by Gasteiger charge is -2.27. The van der Waals surface area contributed by atoms with Crippen LogP contribution in [-0.2, 0) is 11.3 Å². The highest BCUT2D eigenvalue weighted by Gasteiger charge is 2.23. The number of anilines is 1. The molecule has 2 aromatic heterocycles. The highest BCUT2D eigenvalue weighted by Crippen LogP contribution is 2.30. The Bertz CT molecular complexity index is 1330. The van der Waals surface area contributed by atoms with E-state index in [2.05, 4.69) is 44.0 Å². The first-order valence-corrected chi connectivity index (χ1v) is 14.2. The zero-order chi connectivity index (χ0) is 25.0. The van der Waals surface area contributed by atoms with E-state index in [9.17, 15) is 5.11 Å². The summed E-state index contributed by atoms with van der Waals surface area (Å²) in [5, 5.41) is 14.7. The molecule has 1 aliphatic heterocycles. The molecule has 196 valence electrons. The van der Waals surface area contributed by atoms with E-state index in [0.29, 0.717) is 12.5 Å². The Morgan fingerprint density at radius 3 is 2.86 bits per heavy atom. The predicted molar refractivity (Wildman–Crippen MR) is 148 cm³/mol. The number of rotatable bonds is 9. The van der Waals surface area contributed by atoms with Gasteiger partial charge in [-0.2, -0.15) is 0 Å². The third kappa shape index (κ3) is 5.90. The summed E-state index contributed by atoms with van der Waals surface area (Å²) >= 11 is 1.68. The molecule has 2 aliphatic rings. The number of aromatic nitrogens is 3. The van der Waals surface area contributed by atoms with Crippen LogP contribution in [0.5, 0.6) is 5.75 Å². The Hall–Kier alpha value is -2.72. The van der Waals surface area contributed by atoms with Gasteiger partial charge in [0.25, 0.3) is 0 Å². The minimum Gasteiger partial charge on any atom is -0.492 e. The minimum atomic E-state index is -0.190. The van der Waals surface area contributed by atoms with E-state index >= 15 is 0 Å². The highest BCUT2D eigenvalue weighted by molar-refractivity contribution is 7.22. The van der Waals surface area contributed by atoms with Crippen LogP contribution >= 0.6 is 11.3 Å². The van der Waals surface area contributed by atoms with Crippen molar-refractivity contribution in [2.45, 2.75) is 38.3 Å². The summed E-state index contributed by atoms with van der Waals surface area (Å²) in [6, 6.07) is 12.6. The molecule has 2 fully saturated rings. The molecule has 4 aromatic rings. The number of fused-ring (bicyclic) bond motifs is 2. The SMILES string of the molecule is O[C@@H]1CCCCC1CNc1nc2ccc(Cn3cnc4cc(OCCN5CCOCC5)ccc43)cc2s1. The maximum Gasteiger partial charge on any atom is 0.183 e. The van der Waals surface area contributed by atoms with E-state index in [0.717, 1.165) is 92.6 Å². The Balaban J connectivity index is 1.08. The van der Waals surface area contributed by atoms with Crippen LogP contribution in [0.15, 0.2) is 42.7 Å². The molecule has 1 saturated carbocycles. The normalized spacial score (nSPS) is 21.0. The van der Waals surface area contributed by atoms with Crippen molar-refractivity contribution in [1.82, 2.24) is 19.4 Å². The first-order chi connectivity index (χ1) is 18.2. The first-order valence-electron chi connectivity index (χ1n) is 13.4. The first kappa shape index (κ1) is 24.6. The lowest BCUT2D eigenvalue weighted by molar-refractivity contribution is 0.0322. The average molecular weight is 522 g/mol. The van der Waals surface area contributed by atoms with Gasteiger partial charge in [0.1, 0.15) is 12.4 Å². The number of imidazole rings is 1. The Kier molecular flexibility index (Phi) is 7.55. The van der Waals surface area contributed by atoms with Crippen molar-refractivity contribution in [2.75, 3.05) is 51.3 Å². The van der Waals surface area contributed by atoms with E-state index in [1.807, 2.05) is 18.5 Å². The second kappa shape index (κ2) is 11.3. The molecule has 1 saturated heterocycles. The standard InChI is InChI=1S/C28H35N5O3S/c34-26-4-2-1-3-21(26)17-29-28-31-23-7-5-20(15-27(23)37-28)18-33-19-30-24-16-22(6-8-25(24)33)36-14-11-32-9-12-35-13-10-32/h5-8,15-16,19,21,26,34H,1-4,9-14,17-18H2,(H,29,31)/t21?,26-/m1/s1. The maximum absolute atomic E-state index is 10.2. The zero-order valence-corrected chi connectivity index (χ0v) is 22.0. The summed E-state index contributed by atoms with van der Waals surface area (Å²) < 4.78 is 14.8. The molecule has 8 nitrogen and oxygen atoms in total. The van der Waals surface area contributed by atoms with Crippen LogP contribution in [0.4, 0.5) is 5.13 Å². The van der Waals surface area contributed by atoms with Crippen molar-refractivity contribution >= 4 is 37.7 Å². The highest BCUT2D eigenvalue weighted by atomic mass is 32.1. The molecule has 0 radical (unpaired) electrons. The largest absolute Gasteiger partial charge is 0.492 e. The Morgan fingerprint density at radius 1 is 1.08 bits per heavy atom. The van der Waals surface area contributed by atoms with E-state index in [1.54, 1.807) is 11.3 Å². The minimum absolute atomic E-state index is 0.190. The van der Waals surface area contributed by atoms with Gasteiger partial charge in [-0.1, -0.05) is 30.2 Å². The molecule has 6 rings (SSSR count). The molecule has 9 heteroatoms. The number of benzene rings is 2. The van der Waals surface area contributed by atoms with Gasteiger partial charge < -0.3 is 24.5 Å². The predicted octanol–water partition coefficient (Wildman–Crippen LogP) is 4.37. The maximum atomic E-state index is 10.2. The molecule has 0 amide bonds. The van der Waals surface area contributed by atoms with Gasteiger partial charge in [-0.3, -0.25) is 4.90 Å². The number of nitrogens with zero attached hydrogens (tertiary/aromatic N) is 4. The smallest absolute Gasteiger partial charge is 0.183 e. The molecule has 37 heavy (non-hydrogen) atoms. The van der Waals surface area contributed by atoms with Gasteiger partial charge >= 0.3 is 0 Å². The van der Waals surface area contributed by atoms with Gasteiger partial charge in [0.2, 0.25) is 0 Å². The average Bonchev–Trinajstić information content (AvgIpc) is 3.52. The third-order valence-electron chi connectivity index (χ3n) is 7.56. The topological polar surface area (TPSA) is 84.7 Å². The number of aliphatic hydroxyl groups is 1. The van der Waals surface area contributed by atoms with E-state index < -0.39 is 0 Å². The van der Waals surface area contributed by atoms with Crippen LogP contribution in [-0.4, -0.2) is 76.6 Å². The number of ether oxygens (including phenoxy) is 2. The quantitative estimate of drug-likeness (QED) is 0.338. The van der Waals surface area contributed by atoms with Gasteiger partial charge in [0, 0.05) is 44.7 Å². The summed E-state index contributed by atoms with van der Waals surface area (Å²) in [6.45, 7) is 6.68. The van der Waals surface area contributed by atoms with E-state index in [4.69, 9.17) is 14.5 Å². The third-order valence-corrected chi connectivity index (χ3v) is 8.54. The molecule has 0 spiro atoms. The summed E-state index contributed by atoms with van der Waals surface area (Å²) in [5.41, 5.74) is 4.27. The number of aliphatic hydroxyl groups excluding tert-OH is 1. The van der Waals surface area contributed by atoms with Crippen LogP contribution < -0.4 is 10.1 Å².